The van der Waals surface area contributed by atoms with E-state index in [9.17, 15) is 10.2 Å². The van der Waals surface area contributed by atoms with Crippen molar-refractivity contribution in [3.8, 4) is 0 Å². The van der Waals surface area contributed by atoms with E-state index >= 15 is 0 Å². The van der Waals surface area contributed by atoms with Crippen LogP contribution in [0.25, 0.3) is 21.3 Å². The summed E-state index contributed by atoms with van der Waals surface area (Å²) >= 11 is 0. The Morgan fingerprint density at radius 3 is 3.06 bits per heavy atom. The second-order valence-corrected chi connectivity index (χ2v) is 3.82. The highest BCUT2D eigenvalue weighted by Crippen LogP contribution is 2.20. The zero-order valence-electron chi connectivity index (χ0n) is 9.43. The largest absolute Gasteiger partial charge is 0.390 e. The molecular formula is C10H12N6O2. The molecule has 0 aliphatic rings. The monoisotopic (exact) mass is 248 g/mol. The van der Waals surface area contributed by atoms with E-state index in [1.807, 2.05) is 0 Å². The Labute approximate surface area is 102 Å². The van der Waals surface area contributed by atoms with Gasteiger partial charge in [0.05, 0.1) is 29.7 Å². The molecule has 2 aromatic heterocycles. The van der Waals surface area contributed by atoms with Crippen LogP contribution in [0.5, 0.6) is 0 Å². The van der Waals surface area contributed by atoms with Crippen molar-refractivity contribution in [3.63, 3.8) is 0 Å². The lowest BCUT2D eigenvalue weighted by Crippen LogP contribution is -2.20. The smallest absolute Gasteiger partial charge is 0.122 e. The van der Waals surface area contributed by atoms with Crippen molar-refractivity contribution < 1.29 is 10.2 Å². The molecule has 2 heterocycles. The number of pyridine rings is 1. The van der Waals surface area contributed by atoms with Gasteiger partial charge in [-0.1, -0.05) is 5.11 Å². The predicted molar refractivity (Wildman–Crippen MR) is 63.5 cm³/mol. The number of aliphatic hydroxyl groups is 2. The second kappa shape index (κ2) is 5.46. The van der Waals surface area contributed by atoms with Crippen LogP contribution in [0.3, 0.4) is 0 Å². The molecule has 0 aliphatic heterocycles. The van der Waals surface area contributed by atoms with E-state index in [0.29, 0.717) is 5.69 Å². The summed E-state index contributed by atoms with van der Waals surface area (Å²) in [5.74, 6) is 0. The summed E-state index contributed by atoms with van der Waals surface area (Å²) in [6.07, 6.45) is 1.20. The van der Waals surface area contributed by atoms with Crippen molar-refractivity contribution in [2.45, 2.75) is 18.6 Å². The van der Waals surface area contributed by atoms with Gasteiger partial charge in [-0.2, -0.15) is 5.10 Å². The van der Waals surface area contributed by atoms with Gasteiger partial charge in [-0.3, -0.25) is 10.1 Å². The van der Waals surface area contributed by atoms with Crippen LogP contribution >= 0.6 is 0 Å². The molecule has 0 fully saturated rings. The third-order valence-electron chi connectivity index (χ3n) is 2.60. The van der Waals surface area contributed by atoms with Crippen LogP contribution in [0.2, 0.25) is 0 Å². The van der Waals surface area contributed by atoms with Crippen LogP contribution in [0.15, 0.2) is 23.6 Å². The van der Waals surface area contributed by atoms with Crippen molar-refractivity contribution in [3.05, 3.63) is 34.6 Å². The van der Waals surface area contributed by atoms with Gasteiger partial charge in [0.1, 0.15) is 6.10 Å². The normalized spacial score (nSPS) is 14.1. The highest BCUT2D eigenvalue weighted by Gasteiger charge is 2.19. The van der Waals surface area contributed by atoms with Crippen LogP contribution in [0.1, 0.15) is 18.2 Å². The topological polar surface area (TPSA) is 131 Å². The van der Waals surface area contributed by atoms with Crippen molar-refractivity contribution >= 4 is 10.9 Å². The van der Waals surface area contributed by atoms with E-state index in [0.717, 1.165) is 10.9 Å². The van der Waals surface area contributed by atoms with Gasteiger partial charge in [-0.25, -0.2) is 0 Å². The number of hydrogen-bond acceptors (Lipinski definition) is 5. The lowest BCUT2D eigenvalue weighted by molar-refractivity contribution is 0.0126. The van der Waals surface area contributed by atoms with E-state index in [1.54, 1.807) is 18.5 Å². The van der Waals surface area contributed by atoms with Crippen molar-refractivity contribution in [2.75, 3.05) is 6.54 Å². The van der Waals surface area contributed by atoms with Crippen molar-refractivity contribution in [1.82, 2.24) is 15.2 Å². The lowest BCUT2D eigenvalue weighted by Gasteiger charge is -2.16. The van der Waals surface area contributed by atoms with Crippen LogP contribution in [-0.4, -0.2) is 38.0 Å². The first kappa shape index (κ1) is 12.3. The average molecular weight is 248 g/mol. The molecule has 0 amide bonds. The quantitative estimate of drug-likeness (QED) is 0.414. The summed E-state index contributed by atoms with van der Waals surface area (Å²) in [4.78, 5) is 6.62. The van der Waals surface area contributed by atoms with Gasteiger partial charge in [0, 0.05) is 16.8 Å². The third kappa shape index (κ3) is 2.57. The number of fused-ring (bicyclic) bond motifs is 1. The Morgan fingerprint density at radius 1 is 1.44 bits per heavy atom. The average Bonchev–Trinajstić information content (AvgIpc) is 2.85. The summed E-state index contributed by atoms with van der Waals surface area (Å²) < 4.78 is 0. The molecule has 0 saturated carbocycles. The Balaban J connectivity index is 2.11. The third-order valence-corrected chi connectivity index (χ3v) is 2.60. The Bertz CT molecular complexity index is 577. The van der Waals surface area contributed by atoms with Crippen molar-refractivity contribution in [2.24, 2.45) is 5.11 Å². The van der Waals surface area contributed by atoms with Gasteiger partial charge in [0.15, 0.2) is 0 Å². The van der Waals surface area contributed by atoms with Gasteiger partial charge in [0.25, 0.3) is 0 Å². The number of azide groups is 1. The minimum absolute atomic E-state index is 0.128. The number of rotatable bonds is 5. The summed E-state index contributed by atoms with van der Waals surface area (Å²) in [7, 11) is 0. The maximum atomic E-state index is 9.91. The summed E-state index contributed by atoms with van der Waals surface area (Å²) in [6.45, 7) is 0.128. The SMILES string of the molecule is [N-]=[N+]=NCCC(O)C(O)c1cc2cn[nH]c2cn1. The van der Waals surface area contributed by atoms with Gasteiger partial charge < -0.3 is 10.2 Å². The van der Waals surface area contributed by atoms with Crippen molar-refractivity contribution in [1.29, 1.82) is 0 Å². The minimum atomic E-state index is -1.11. The maximum absolute atomic E-state index is 9.91. The summed E-state index contributed by atoms with van der Waals surface area (Å²) in [6, 6.07) is 1.65. The van der Waals surface area contributed by atoms with Crippen LogP contribution in [0.4, 0.5) is 0 Å². The maximum Gasteiger partial charge on any atom is 0.122 e. The predicted octanol–water partition coefficient (Wildman–Crippen LogP) is 1.05. The fourth-order valence-electron chi connectivity index (χ4n) is 1.61. The molecule has 8 heteroatoms. The molecule has 0 aromatic carbocycles. The Hall–Kier alpha value is -2.15. The molecule has 2 aromatic rings. The molecule has 2 rings (SSSR count). The highest BCUT2D eigenvalue weighted by molar-refractivity contribution is 5.77. The van der Waals surface area contributed by atoms with E-state index in [-0.39, 0.29) is 13.0 Å². The number of nitrogens with one attached hydrogen (secondary N) is 1. The Kier molecular flexibility index (Phi) is 3.73. The zero-order chi connectivity index (χ0) is 13.0. The molecular weight excluding hydrogens is 236 g/mol. The first-order valence-electron chi connectivity index (χ1n) is 5.38. The fraction of sp³-hybridized carbons (Fsp3) is 0.400. The number of aromatic amines is 1. The van der Waals surface area contributed by atoms with Gasteiger partial charge >= 0.3 is 0 Å². The molecule has 0 saturated heterocycles. The highest BCUT2D eigenvalue weighted by atomic mass is 16.3. The number of aromatic nitrogens is 3. The molecule has 0 aliphatic carbocycles. The molecule has 0 bridgehead atoms. The molecule has 94 valence electrons. The van der Waals surface area contributed by atoms with Crippen LogP contribution in [0, 0.1) is 0 Å². The first-order valence-corrected chi connectivity index (χ1v) is 5.38. The van der Waals surface area contributed by atoms with Gasteiger partial charge in [-0.15, -0.1) is 0 Å². The molecule has 2 atom stereocenters. The van der Waals surface area contributed by atoms with Gasteiger partial charge in [0.2, 0.25) is 0 Å². The van der Waals surface area contributed by atoms with Gasteiger partial charge in [-0.05, 0) is 18.0 Å². The molecule has 18 heavy (non-hydrogen) atoms. The van der Waals surface area contributed by atoms with Crippen LogP contribution in [-0.2, 0) is 0 Å². The number of aliphatic hydroxyl groups excluding tert-OH is 2. The Morgan fingerprint density at radius 2 is 2.28 bits per heavy atom. The van der Waals surface area contributed by atoms with E-state index in [1.165, 1.54) is 0 Å². The molecule has 3 N–H and O–H groups in total. The van der Waals surface area contributed by atoms with E-state index in [4.69, 9.17) is 5.53 Å². The van der Waals surface area contributed by atoms with E-state index in [2.05, 4.69) is 25.2 Å². The molecule has 8 nitrogen and oxygen atoms in total. The number of nitrogens with zero attached hydrogens (tertiary/aromatic N) is 5. The number of hydrogen-bond donors (Lipinski definition) is 3. The minimum Gasteiger partial charge on any atom is -0.390 e. The first-order chi connectivity index (χ1) is 8.72. The fourth-order valence-corrected chi connectivity index (χ4v) is 1.61. The lowest BCUT2D eigenvalue weighted by atomic mass is 10.1. The summed E-state index contributed by atoms with van der Waals surface area (Å²) in [5.41, 5.74) is 9.24. The molecule has 0 spiro atoms. The standard InChI is InChI=1S/C10H12N6O2/c11-16-13-2-1-9(17)10(18)7-3-6-4-14-15-8(6)5-12-7/h3-5,9-10,17-18H,1-2H2,(H,14,15). The molecule has 2 unspecified atom stereocenters. The molecule has 0 radical (unpaired) electrons. The zero-order valence-corrected chi connectivity index (χ0v) is 9.43. The van der Waals surface area contributed by atoms with Crippen LogP contribution < -0.4 is 0 Å². The second-order valence-electron chi connectivity index (χ2n) is 3.82. The number of H-pyrrole nitrogens is 1. The van der Waals surface area contributed by atoms with E-state index < -0.39 is 12.2 Å². The summed E-state index contributed by atoms with van der Waals surface area (Å²) in [5, 5.41) is 30.3.